The number of β-lactam (4-membered cyclic amide) rings is 1. The molecule has 0 aromatic carbocycles. The molecule has 5 nitrogen and oxygen atoms in total. The predicted molar refractivity (Wildman–Crippen MR) is 57.3 cm³/mol. The Morgan fingerprint density at radius 1 is 1.44 bits per heavy atom. The van der Waals surface area contributed by atoms with Gasteiger partial charge < -0.3 is 15.7 Å². The maximum Gasteiger partial charge on any atom is 0.242 e. The van der Waals surface area contributed by atoms with Gasteiger partial charge in [-0.15, -0.1) is 0 Å². The molecule has 0 aromatic heterocycles. The van der Waals surface area contributed by atoms with Crippen LogP contribution in [0.2, 0.25) is 0 Å². The van der Waals surface area contributed by atoms with Crippen LogP contribution in [0.4, 0.5) is 0 Å². The number of carbonyl (C=O) groups is 2. The third kappa shape index (κ3) is 1.59. The second-order valence-electron chi connectivity index (χ2n) is 4.87. The van der Waals surface area contributed by atoms with Crippen molar-refractivity contribution in [3.8, 4) is 0 Å². The largest absolute Gasteiger partial charge is 0.394 e. The van der Waals surface area contributed by atoms with Crippen LogP contribution in [0.15, 0.2) is 0 Å². The van der Waals surface area contributed by atoms with Crippen LogP contribution in [0.3, 0.4) is 0 Å². The summed E-state index contributed by atoms with van der Waals surface area (Å²) in [6.07, 6.45) is 5.19. The molecule has 1 heterocycles. The Morgan fingerprint density at radius 3 is 2.50 bits per heavy atom. The topological polar surface area (TPSA) is 83.6 Å². The van der Waals surface area contributed by atoms with Crippen LogP contribution in [0, 0.1) is 5.41 Å². The summed E-state index contributed by atoms with van der Waals surface area (Å²) in [7, 11) is 0. The fourth-order valence-corrected chi connectivity index (χ4v) is 2.87. The van der Waals surface area contributed by atoms with Crippen LogP contribution < -0.4 is 5.73 Å². The van der Waals surface area contributed by atoms with Gasteiger partial charge in [-0.1, -0.05) is 19.3 Å². The van der Waals surface area contributed by atoms with Crippen molar-refractivity contribution in [1.82, 2.24) is 4.90 Å². The lowest BCUT2D eigenvalue weighted by atomic mass is 9.67. The lowest BCUT2D eigenvalue weighted by Gasteiger charge is -2.52. The van der Waals surface area contributed by atoms with Crippen LogP contribution in [0.1, 0.15) is 32.1 Å². The molecule has 3 N–H and O–H groups in total. The summed E-state index contributed by atoms with van der Waals surface area (Å²) in [5, 5.41) is 9.04. The molecule has 1 unspecified atom stereocenters. The maximum atomic E-state index is 12.1. The number of hydrogen-bond donors (Lipinski definition) is 2. The van der Waals surface area contributed by atoms with E-state index >= 15 is 0 Å². The second kappa shape index (κ2) is 4.05. The molecule has 1 atom stereocenters. The molecule has 1 saturated heterocycles. The summed E-state index contributed by atoms with van der Waals surface area (Å²) < 4.78 is 0. The molecule has 5 heteroatoms. The average Bonchev–Trinajstić information content (AvgIpc) is 2.29. The number of carbonyl (C=O) groups excluding carboxylic acids is 2. The third-order valence-electron chi connectivity index (χ3n) is 3.88. The first kappa shape index (κ1) is 11.4. The van der Waals surface area contributed by atoms with E-state index in [9.17, 15) is 9.59 Å². The van der Waals surface area contributed by atoms with Crippen molar-refractivity contribution in [3.05, 3.63) is 0 Å². The normalized spacial score (nSPS) is 25.3. The molecule has 0 radical (unpaired) electrons. The van der Waals surface area contributed by atoms with E-state index in [1.54, 1.807) is 0 Å². The Hall–Kier alpha value is -1.10. The van der Waals surface area contributed by atoms with Crippen molar-refractivity contribution >= 4 is 11.8 Å². The summed E-state index contributed by atoms with van der Waals surface area (Å²) in [5.41, 5.74) is 4.91. The summed E-state index contributed by atoms with van der Waals surface area (Å²) in [6.45, 7) is 0.206. The number of hydrogen-bond acceptors (Lipinski definition) is 3. The van der Waals surface area contributed by atoms with E-state index in [1.165, 1.54) is 11.3 Å². The SMILES string of the molecule is NC(=O)C(CO)N1CC2(CCCCC2)C1=O. The zero-order valence-corrected chi connectivity index (χ0v) is 9.32. The Morgan fingerprint density at radius 2 is 2.06 bits per heavy atom. The van der Waals surface area contributed by atoms with Gasteiger partial charge in [0.05, 0.1) is 12.0 Å². The van der Waals surface area contributed by atoms with E-state index in [1.807, 2.05) is 0 Å². The van der Waals surface area contributed by atoms with E-state index in [-0.39, 0.29) is 17.9 Å². The Balaban J connectivity index is 2.03. The number of rotatable bonds is 3. The van der Waals surface area contributed by atoms with Gasteiger partial charge in [0.1, 0.15) is 6.04 Å². The standard InChI is InChI=1S/C11H18N2O3/c12-9(15)8(6-14)13-7-11(10(13)16)4-2-1-3-5-11/h8,14H,1-7H2,(H2,12,15). The third-order valence-corrected chi connectivity index (χ3v) is 3.88. The van der Waals surface area contributed by atoms with Crippen molar-refractivity contribution in [2.45, 2.75) is 38.1 Å². The molecule has 0 aromatic rings. The fraction of sp³-hybridized carbons (Fsp3) is 0.818. The molecular formula is C11H18N2O3. The molecule has 2 rings (SSSR count). The molecule has 2 aliphatic rings. The first-order valence-corrected chi connectivity index (χ1v) is 5.82. The number of amides is 2. The van der Waals surface area contributed by atoms with E-state index in [0.29, 0.717) is 6.54 Å². The molecular weight excluding hydrogens is 208 g/mol. The number of aliphatic hydroxyl groups excluding tert-OH is 1. The monoisotopic (exact) mass is 226 g/mol. The van der Waals surface area contributed by atoms with E-state index in [4.69, 9.17) is 10.8 Å². The maximum absolute atomic E-state index is 12.1. The van der Waals surface area contributed by atoms with Gasteiger partial charge in [0, 0.05) is 6.54 Å². The fourth-order valence-electron chi connectivity index (χ4n) is 2.87. The zero-order valence-electron chi connectivity index (χ0n) is 9.32. The van der Waals surface area contributed by atoms with Gasteiger partial charge in [-0.3, -0.25) is 9.59 Å². The molecule has 1 saturated carbocycles. The highest BCUT2D eigenvalue weighted by Crippen LogP contribution is 2.45. The quantitative estimate of drug-likeness (QED) is 0.644. The highest BCUT2D eigenvalue weighted by atomic mass is 16.3. The molecule has 1 aliphatic carbocycles. The summed E-state index contributed by atoms with van der Waals surface area (Å²) >= 11 is 0. The van der Waals surface area contributed by atoms with Crippen LogP contribution in [0.5, 0.6) is 0 Å². The zero-order chi connectivity index (χ0) is 11.8. The average molecular weight is 226 g/mol. The minimum atomic E-state index is -0.833. The molecule has 16 heavy (non-hydrogen) atoms. The number of nitrogens with two attached hydrogens (primary N) is 1. The molecule has 2 fully saturated rings. The van der Waals surface area contributed by atoms with Gasteiger partial charge >= 0.3 is 0 Å². The number of primary amides is 1. The van der Waals surface area contributed by atoms with Crippen molar-refractivity contribution < 1.29 is 14.7 Å². The lowest BCUT2D eigenvalue weighted by Crippen LogP contribution is -2.68. The molecule has 2 amide bonds. The van der Waals surface area contributed by atoms with Crippen molar-refractivity contribution in [3.63, 3.8) is 0 Å². The Bertz CT molecular complexity index is 310. The van der Waals surface area contributed by atoms with Crippen molar-refractivity contribution in [2.24, 2.45) is 11.1 Å². The minimum absolute atomic E-state index is 0.00468. The first-order valence-electron chi connectivity index (χ1n) is 5.82. The van der Waals surface area contributed by atoms with E-state index in [2.05, 4.69) is 0 Å². The highest BCUT2D eigenvalue weighted by molar-refractivity contribution is 5.94. The van der Waals surface area contributed by atoms with Gasteiger partial charge in [-0.25, -0.2) is 0 Å². The summed E-state index contributed by atoms with van der Waals surface area (Å²) in [6, 6.07) is -0.833. The first-order chi connectivity index (χ1) is 7.60. The van der Waals surface area contributed by atoms with Gasteiger partial charge in [0.2, 0.25) is 11.8 Å². The number of aliphatic hydroxyl groups is 1. The highest BCUT2D eigenvalue weighted by Gasteiger charge is 2.54. The molecule has 0 bridgehead atoms. The van der Waals surface area contributed by atoms with Crippen LogP contribution >= 0.6 is 0 Å². The summed E-state index contributed by atoms with van der Waals surface area (Å²) in [5.74, 6) is -0.619. The lowest BCUT2D eigenvalue weighted by molar-refractivity contribution is -0.172. The minimum Gasteiger partial charge on any atom is -0.394 e. The Kier molecular flexibility index (Phi) is 2.88. The van der Waals surface area contributed by atoms with Crippen molar-refractivity contribution in [2.75, 3.05) is 13.2 Å². The van der Waals surface area contributed by atoms with E-state index in [0.717, 1.165) is 25.7 Å². The molecule has 90 valence electrons. The second-order valence-corrected chi connectivity index (χ2v) is 4.87. The smallest absolute Gasteiger partial charge is 0.242 e. The van der Waals surface area contributed by atoms with Crippen molar-refractivity contribution in [1.29, 1.82) is 0 Å². The van der Waals surface area contributed by atoms with Crippen LogP contribution in [-0.2, 0) is 9.59 Å². The summed E-state index contributed by atoms with van der Waals surface area (Å²) in [4.78, 5) is 24.5. The number of nitrogens with zero attached hydrogens (tertiary/aromatic N) is 1. The van der Waals surface area contributed by atoms with Gasteiger partial charge in [-0.05, 0) is 12.8 Å². The molecule has 1 spiro atoms. The Labute approximate surface area is 94.6 Å². The van der Waals surface area contributed by atoms with Gasteiger partial charge in [0.25, 0.3) is 0 Å². The van der Waals surface area contributed by atoms with Gasteiger partial charge in [-0.2, -0.15) is 0 Å². The predicted octanol–water partition coefficient (Wildman–Crippen LogP) is -0.375. The van der Waals surface area contributed by atoms with Crippen LogP contribution in [-0.4, -0.2) is 41.0 Å². The number of likely N-dealkylation sites (tertiary alicyclic amines) is 1. The van der Waals surface area contributed by atoms with E-state index < -0.39 is 11.9 Å². The van der Waals surface area contributed by atoms with Gasteiger partial charge in [0.15, 0.2) is 0 Å². The molecule has 1 aliphatic heterocycles. The van der Waals surface area contributed by atoms with Crippen LogP contribution in [0.25, 0.3) is 0 Å².